The van der Waals surface area contributed by atoms with Gasteiger partial charge in [0.15, 0.2) is 0 Å². The van der Waals surface area contributed by atoms with Crippen LogP contribution >= 0.6 is 22.9 Å². The molecule has 1 atom stereocenters. The molecular formula is C16H23ClN2O2S. The van der Waals surface area contributed by atoms with Crippen molar-refractivity contribution in [1.82, 2.24) is 10.2 Å². The minimum atomic E-state index is -0.0475. The first-order valence-corrected chi connectivity index (χ1v) is 9.03. The van der Waals surface area contributed by atoms with Gasteiger partial charge in [-0.1, -0.05) is 11.6 Å². The number of carbonyl (C=O) groups is 2. The highest BCUT2D eigenvalue weighted by atomic mass is 35.5. The Balaban J connectivity index is 1.62. The molecule has 2 rings (SSSR count). The largest absolute Gasteiger partial charge is 0.356 e. The van der Waals surface area contributed by atoms with Crippen molar-refractivity contribution >= 4 is 34.8 Å². The van der Waals surface area contributed by atoms with Gasteiger partial charge in [-0.05, 0) is 44.2 Å². The molecule has 4 nitrogen and oxygen atoms in total. The van der Waals surface area contributed by atoms with Crippen molar-refractivity contribution in [3.8, 4) is 0 Å². The number of carbonyl (C=O) groups excluding carboxylic acids is 2. The molecule has 2 amide bonds. The van der Waals surface area contributed by atoms with Crippen LogP contribution in [0.5, 0.6) is 0 Å². The molecule has 122 valence electrons. The number of likely N-dealkylation sites (tertiary alicyclic amines) is 1. The molecule has 6 heteroatoms. The Hall–Kier alpha value is -1.07. The molecule has 1 saturated heterocycles. The molecule has 1 aliphatic rings. The highest BCUT2D eigenvalue weighted by molar-refractivity contribution is 7.16. The SMILES string of the molecule is CC(=O)N1CCC[C@H](C(=O)NCCCCc2ccc(Cl)s2)C1. The van der Waals surface area contributed by atoms with E-state index in [1.54, 1.807) is 23.2 Å². The summed E-state index contributed by atoms with van der Waals surface area (Å²) in [4.78, 5) is 26.6. The number of piperidine rings is 1. The molecule has 1 N–H and O–H groups in total. The molecule has 1 fully saturated rings. The molecule has 1 aromatic heterocycles. The van der Waals surface area contributed by atoms with Gasteiger partial charge in [0.25, 0.3) is 0 Å². The van der Waals surface area contributed by atoms with Gasteiger partial charge in [-0.15, -0.1) is 11.3 Å². The van der Waals surface area contributed by atoms with Crippen LogP contribution in [0, 0.1) is 5.92 Å². The van der Waals surface area contributed by atoms with E-state index in [0.29, 0.717) is 13.1 Å². The van der Waals surface area contributed by atoms with Crippen LogP contribution < -0.4 is 5.32 Å². The molecular weight excluding hydrogens is 320 g/mol. The second kappa shape index (κ2) is 8.53. The van der Waals surface area contributed by atoms with Gasteiger partial charge < -0.3 is 10.2 Å². The zero-order chi connectivity index (χ0) is 15.9. The van der Waals surface area contributed by atoms with E-state index in [-0.39, 0.29) is 17.7 Å². The van der Waals surface area contributed by atoms with Crippen molar-refractivity contribution in [2.75, 3.05) is 19.6 Å². The predicted molar refractivity (Wildman–Crippen MR) is 90.3 cm³/mol. The third kappa shape index (κ3) is 5.29. The summed E-state index contributed by atoms with van der Waals surface area (Å²) >= 11 is 7.51. The fraction of sp³-hybridized carbons (Fsp3) is 0.625. The summed E-state index contributed by atoms with van der Waals surface area (Å²) in [6.07, 6.45) is 4.81. The van der Waals surface area contributed by atoms with Gasteiger partial charge in [-0.25, -0.2) is 0 Å². The Morgan fingerprint density at radius 3 is 2.91 bits per heavy atom. The molecule has 0 spiro atoms. The summed E-state index contributed by atoms with van der Waals surface area (Å²) in [7, 11) is 0. The average Bonchev–Trinajstić information content (AvgIpc) is 2.92. The van der Waals surface area contributed by atoms with Gasteiger partial charge in [0, 0.05) is 31.4 Å². The number of unbranched alkanes of at least 4 members (excludes halogenated alkanes) is 1. The average molecular weight is 343 g/mol. The Morgan fingerprint density at radius 1 is 1.41 bits per heavy atom. The van der Waals surface area contributed by atoms with Gasteiger partial charge >= 0.3 is 0 Å². The van der Waals surface area contributed by atoms with E-state index in [1.807, 2.05) is 6.07 Å². The first-order chi connectivity index (χ1) is 10.6. The van der Waals surface area contributed by atoms with Crippen LogP contribution in [-0.2, 0) is 16.0 Å². The number of hydrogen-bond acceptors (Lipinski definition) is 3. The number of nitrogens with one attached hydrogen (secondary N) is 1. The number of amides is 2. The molecule has 2 heterocycles. The monoisotopic (exact) mass is 342 g/mol. The molecule has 0 saturated carbocycles. The summed E-state index contributed by atoms with van der Waals surface area (Å²) in [5.41, 5.74) is 0. The van der Waals surface area contributed by atoms with Gasteiger partial charge in [-0.3, -0.25) is 9.59 Å². The maximum Gasteiger partial charge on any atom is 0.224 e. The van der Waals surface area contributed by atoms with Crippen molar-refractivity contribution in [3.05, 3.63) is 21.3 Å². The highest BCUT2D eigenvalue weighted by Gasteiger charge is 2.26. The van der Waals surface area contributed by atoms with Gasteiger partial charge in [0.05, 0.1) is 10.3 Å². The zero-order valence-electron chi connectivity index (χ0n) is 12.9. The van der Waals surface area contributed by atoms with Gasteiger partial charge in [0.2, 0.25) is 11.8 Å². The van der Waals surface area contributed by atoms with Crippen molar-refractivity contribution in [3.63, 3.8) is 0 Å². The smallest absolute Gasteiger partial charge is 0.224 e. The molecule has 1 aliphatic heterocycles. The lowest BCUT2D eigenvalue weighted by Gasteiger charge is -2.31. The van der Waals surface area contributed by atoms with Gasteiger partial charge in [0.1, 0.15) is 0 Å². The van der Waals surface area contributed by atoms with E-state index < -0.39 is 0 Å². The van der Waals surface area contributed by atoms with Crippen LogP contribution in [0.15, 0.2) is 12.1 Å². The standard InChI is InChI=1S/C16H23ClN2O2S/c1-12(20)19-10-4-5-13(11-19)16(21)18-9-3-2-6-14-7-8-15(17)22-14/h7-8,13H,2-6,9-11H2,1H3,(H,18,21)/t13-/m0/s1. The van der Waals surface area contributed by atoms with Crippen LogP contribution in [0.1, 0.15) is 37.5 Å². The Bertz CT molecular complexity index is 518. The fourth-order valence-electron chi connectivity index (χ4n) is 2.74. The van der Waals surface area contributed by atoms with E-state index in [2.05, 4.69) is 11.4 Å². The minimum absolute atomic E-state index is 0.0475. The molecule has 1 aromatic rings. The van der Waals surface area contributed by atoms with Crippen LogP contribution in [0.4, 0.5) is 0 Å². The number of hydrogen-bond donors (Lipinski definition) is 1. The Kier molecular flexibility index (Phi) is 6.70. The van der Waals surface area contributed by atoms with Gasteiger partial charge in [-0.2, -0.15) is 0 Å². The Morgan fingerprint density at radius 2 is 2.23 bits per heavy atom. The molecule has 0 aromatic carbocycles. The van der Waals surface area contributed by atoms with Crippen molar-refractivity contribution < 1.29 is 9.59 Å². The molecule has 22 heavy (non-hydrogen) atoms. The van der Waals surface area contributed by atoms with E-state index in [1.165, 1.54) is 4.88 Å². The third-order valence-electron chi connectivity index (χ3n) is 4.02. The summed E-state index contributed by atoms with van der Waals surface area (Å²) < 4.78 is 0.829. The van der Waals surface area contributed by atoms with E-state index in [0.717, 1.165) is 43.0 Å². The Labute approximate surface area is 140 Å². The minimum Gasteiger partial charge on any atom is -0.356 e. The molecule has 0 unspecified atom stereocenters. The second-order valence-electron chi connectivity index (χ2n) is 5.76. The van der Waals surface area contributed by atoms with Crippen molar-refractivity contribution in [1.29, 1.82) is 0 Å². The summed E-state index contributed by atoms with van der Waals surface area (Å²) in [6.45, 7) is 3.61. The number of aryl methyl sites for hydroxylation is 1. The van der Waals surface area contributed by atoms with E-state index in [4.69, 9.17) is 11.6 Å². The van der Waals surface area contributed by atoms with Crippen LogP contribution in [0.3, 0.4) is 0 Å². The normalized spacial score (nSPS) is 18.3. The highest BCUT2D eigenvalue weighted by Crippen LogP contribution is 2.22. The first-order valence-electron chi connectivity index (χ1n) is 7.83. The molecule has 0 aliphatic carbocycles. The van der Waals surface area contributed by atoms with Crippen LogP contribution in [0.2, 0.25) is 4.34 Å². The maximum absolute atomic E-state index is 12.1. The summed E-state index contributed by atoms with van der Waals surface area (Å²) in [5, 5.41) is 3.00. The lowest BCUT2D eigenvalue weighted by molar-refractivity contribution is -0.133. The topological polar surface area (TPSA) is 49.4 Å². The number of halogens is 1. The van der Waals surface area contributed by atoms with Crippen LogP contribution in [-0.4, -0.2) is 36.3 Å². The van der Waals surface area contributed by atoms with E-state index in [9.17, 15) is 9.59 Å². The molecule has 0 radical (unpaired) electrons. The second-order valence-corrected chi connectivity index (χ2v) is 7.56. The summed E-state index contributed by atoms with van der Waals surface area (Å²) in [5.74, 6) is 0.103. The third-order valence-corrected chi connectivity index (χ3v) is 5.31. The van der Waals surface area contributed by atoms with Crippen LogP contribution in [0.25, 0.3) is 0 Å². The molecule has 0 bridgehead atoms. The number of rotatable bonds is 6. The van der Waals surface area contributed by atoms with Crippen molar-refractivity contribution in [2.45, 2.75) is 39.0 Å². The fourth-order valence-corrected chi connectivity index (χ4v) is 3.87. The number of nitrogens with zero attached hydrogens (tertiary/aromatic N) is 1. The first kappa shape index (κ1) is 17.3. The zero-order valence-corrected chi connectivity index (χ0v) is 14.5. The van der Waals surface area contributed by atoms with Crippen molar-refractivity contribution in [2.24, 2.45) is 5.92 Å². The maximum atomic E-state index is 12.1. The lowest BCUT2D eigenvalue weighted by Crippen LogP contribution is -2.44. The number of thiophene rings is 1. The predicted octanol–water partition coefficient (Wildman–Crippen LogP) is 3.10. The van der Waals surface area contributed by atoms with E-state index >= 15 is 0 Å². The lowest BCUT2D eigenvalue weighted by atomic mass is 9.97. The summed E-state index contributed by atoms with van der Waals surface area (Å²) in [6, 6.07) is 3.98. The quantitative estimate of drug-likeness (QED) is 0.807.